The van der Waals surface area contributed by atoms with Gasteiger partial charge < -0.3 is 9.88 Å². The summed E-state index contributed by atoms with van der Waals surface area (Å²) < 4.78 is 1.99. The zero-order valence-electron chi connectivity index (χ0n) is 15.7. The smallest absolute Gasteiger partial charge is 0.228 e. The van der Waals surface area contributed by atoms with Crippen LogP contribution in [0.5, 0.6) is 0 Å². The molecule has 1 fully saturated rings. The Morgan fingerprint density at radius 2 is 2.00 bits per heavy atom. The second-order valence-electron chi connectivity index (χ2n) is 6.94. The number of likely N-dealkylation sites (tertiary alicyclic amines) is 1. The molecular weight excluding hydrogens is 340 g/mol. The lowest BCUT2D eigenvalue weighted by molar-refractivity contribution is 0.135. The topological polar surface area (TPSA) is 84.7 Å². The fraction of sp³-hybridized carbons (Fsp3) is 0.421. The molecule has 0 amide bonds. The van der Waals surface area contributed by atoms with Crippen LogP contribution in [0.25, 0.3) is 0 Å². The molecular formula is C19H24N8. The van der Waals surface area contributed by atoms with Crippen LogP contribution in [0.15, 0.2) is 37.1 Å². The first-order valence-corrected chi connectivity index (χ1v) is 9.28. The van der Waals surface area contributed by atoms with Crippen molar-refractivity contribution in [3.63, 3.8) is 0 Å². The first-order chi connectivity index (χ1) is 13.2. The van der Waals surface area contributed by atoms with Crippen LogP contribution in [-0.2, 0) is 13.6 Å². The average Bonchev–Trinajstić information content (AvgIpc) is 3.07. The predicted molar refractivity (Wildman–Crippen MR) is 102 cm³/mol. The Labute approximate surface area is 158 Å². The standard InChI is InChI=1S/C19H24N8/c1-14-23-16(10-18(24-14)25-19-20-7-5-8-21-19)17-6-3-4-9-27(17)12-15-11-26(2)13-22-15/h5,7-8,10-11,13,17H,3-4,6,9,12H2,1-2H3,(H,20,21,23,24,25)/t17-/m0/s1. The lowest BCUT2D eigenvalue weighted by atomic mass is 9.98. The van der Waals surface area contributed by atoms with E-state index in [9.17, 15) is 0 Å². The molecule has 3 aromatic heterocycles. The summed E-state index contributed by atoms with van der Waals surface area (Å²) in [5.74, 6) is 2.01. The van der Waals surface area contributed by atoms with Gasteiger partial charge in [-0.15, -0.1) is 0 Å². The van der Waals surface area contributed by atoms with Crippen molar-refractivity contribution in [3.05, 3.63) is 54.3 Å². The molecule has 8 nitrogen and oxygen atoms in total. The second kappa shape index (κ2) is 7.79. The minimum atomic E-state index is 0.264. The zero-order valence-corrected chi connectivity index (χ0v) is 15.7. The van der Waals surface area contributed by atoms with Crippen LogP contribution in [-0.4, -0.2) is 40.9 Å². The van der Waals surface area contributed by atoms with Crippen molar-refractivity contribution in [1.29, 1.82) is 0 Å². The number of aromatic nitrogens is 6. The van der Waals surface area contributed by atoms with Crippen LogP contribution in [0.4, 0.5) is 11.8 Å². The first kappa shape index (κ1) is 17.5. The summed E-state index contributed by atoms with van der Waals surface area (Å²) in [5.41, 5.74) is 2.13. The van der Waals surface area contributed by atoms with E-state index < -0.39 is 0 Å². The van der Waals surface area contributed by atoms with Gasteiger partial charge in [0.1, 0.15) is 11.6 Å². The van der Waals surface area contributed by atoms with Gasteiger partial charge in [-0.25, -0.2) is 24.9 Å². The Balaban J connectivity index is 1.58. The molecule has 0 unspecified atom stereocenters. The van der Waals surface area contributed by atoms with E-state index >= 15 is 0 Å². The number of piperidine rings is 1. The lowest BCUT2D eigenvalue weighted by Crippen LogP contribution is -2.33. The van der Waals surface area contributed by atoms with E-state index in [4.69, 9.17) is 4.98 Å². The van der Waals surface area contributed by atoms with Crippen molar-refractivity contribution in [1.82, 2.24) is 34.4 Å². The van der Waals surface area contributed by atoms with E-state index in [1.54, 1.807) is 18.5 Å². The van der Waals surface area contributed by atoms with Crippen molar-refractivity contribution in [2.24, 2.45) is 7.05 Å². The van der Waals surface area contributed by atoms with Gasteiger partial charge in [-0.1, -0.05) is 6.42 Å². The van der Waals surface area contributed by atoms with Gasteiger partial charge in [0.25, 0.3) is 0 Å². The molecule has 3 aromatic rings. The highest BCUT2D eigenvalue weighted by Crippen LogP contribution is 2.32. The molecule has 1 N–H and O–H groups in total. The number of hydrogen-bond donors (Lipinski definition) is 1. The number of imidazole rings is 1. The fourth-order valence-electron chi connectivity index (χ4n) is 3.58. The highest BCUT2D eigenvalue weighted by molar-refractivity contribution is 5.48. The maximum atomic E-state index is 4.74. The number of nitrogens with one attached hydrogen (secondary N) is 1. The van der Waals surface area contributed by atoms with Crippen molar-refractivity contribution in [2.75, 3.05) is 11.9 Å². The molecule has 27 heavy (non-hydrogen) atoms. The Bertz CT molecular complexity index is 892. The first-order valence-electron chi connectivity index (χ1n) is 9.28. The molecule has 0 bridgehead atoms. The summed E-state index contributed by atoms with van der Waals surface area (Å²) in [4.78, 5) is 24.6. The third-order valence-electron chi connectivity index (χ3n) is 4.74. The van der Waals surface area contributed by atoms with E-state index in [2.05, 4.69) is 36.3 Å². The summed E-state index contributed by atoms with van der Waals surface area (Å²) in [7, 11) is 2.00. The third kappa shape index (κ3) is 4.28. The van der Waals surface area contributed by atoms with Crippen LogP contribution in [0, 0.1) is 6.92 Å². The monoisotopic (exact) mass is 364 g/mol. The van der Waals surface area contributed by atoms with Crippen molar-refractivity contribution < 1.29 is 0 Å². The van der Waals surface area contributed by atoms with Gasteiger partial charge >= 0.3 is 0 Å². The van der Waals surface area contributed by atoms with Gasteiger partial charge in [0.2, 0.25) is 5.95 Å². The summed E-state index contributed by atoms with van der Waals surface area (Å²) in [6, 6.07) is 4.07. The predicted octanol–water partition coefficient (Wildman–Crippen LogP) is 2.78. The van der Waals surface area contributed by atoms with E-state index in [0.29, 0.717) is 5.95 Å². The molecule has 0 aliphatic carbocycles. The molecule has 1 saturated heterocycles. The SMILES string of the molecule is Cc1nc(Nc2ncccn2)cc([C@@H]2CCCCN2Cc2cn(C)cn2)n1. The molecule has 8 heteroatoms. The molecule has 0 radical (unpaired) electrons. The van der Waals surface area contributed by atoms with Gasteiger partial charge in [0.05, 0.1) is 23.8 Å². The summed E-state index contributed by atoms with van der Waals surface area (Å²) >= 11 is 0. The molecule has 0 aromatic carbocycles. The van der Waals surface area contributed by atoms with Gasteiger partial charge in [0.15, 0.2) is 0 Å². The minimum Gasteiger partial charge on any atom is -0.340 e. The maximum Gasteiger partial charge on any atom is 0.228 e. The van der Waals surface area contributed by atoms with E-state index in [-0.39, 0.29) is 6.04 Å². The zero-order chi connectivity index (χ0) is 18.6. The average molecular weight is 364 g/mol. The minimum absolute atomic E-state index is 0.264. The van der Waals surface area contributed by atoms with E-state index in [1.807, 2.05) is 30.9 Å². The molecule has 4 heterocycles. The number of anilines is 2. The summed E-state index contributed by atoms with van der Waals surface area (Å²) in [6.07, 6.45) is 10.8. The molecule has 4 rings (SSSR count). The lowest BCUT2D eigenvalue weighted by Gasteiger charge is -2.35. The van der Waals surface area contributed by atoms with E-state index in [0.717, 1.165) is 42.5 Å². The van der Waals surface area contributed by atoms with Crippen molar-refractivity contribution in [3.8, 4) is 0 Å². The second-order valence-corrected chi connectivity index (χ2v) is 6.94. The highest BCUT2D eigenvalue weighted by atomic mass is 15.2. The fourth-order valence-corrected chi connectivity index (χ4v) is 3.58. The van der Waals surface area contributed by atoms with Gasteiger partial charge in [-0.2, -0.15) is 0 Å². The van der Waals surface area contributed by atoms with Crippen LogP contribution in [0.2, 0.25) is 0 Å². The molecule has 140 valence electrons. The van der Waals surface area contributed by atoms with Gasteiger partial charge in [-0.05, 0) is 32.4 Å². The molecule has 1 aliphatic heterocycles. The molecule has 1 aliphatic rings. The number of aryl methyl sites for hydroxylation is 2. The van der Waals surface area contributed by atoms with Crippen molar-refractivity contribution in [2.45, 2.75) is 38.8 Å². The quantitative estimate of drug-likeness (QED) is 0.745. The third-order valence-corrected chi connectivity index (χ3v) is 4.74. The van der Waals surface area contributed by atoms with Crippen LogP contribution >= 0.6 is 0 Å². The maximum absolute atomic E-state index is 4.74. The van der Waals surface area contributed by atoms with Crippen LogP contribution < -0.4 is 5.32 Å². The molecule has 0 spiro atoms. The Morgan fingerprint density at radius 1 is 1.15 bits per heavy atom. The van der Waals surface area contributed by atoms with Gasteiger partial charge in [-0.3, -0.25) is 4.90 Å². The van der Waals surface area contributed by atoms with Crippen molar-refractivity contribution >= 4 is 11.8 Å². The number of rotatable bonds is 5. The van der Waals surface area contributed by atoms with E-state index in [1.165, 1.54) is 12.8 Å². The van der Waals surface area contributed by atoms with Crippen LogP contribution in [0.1, 0.15) is 42.5 Å². The number of nitrogens with zero attached hydrogens (tertiary/aromatic N) is 7. The molecule has 0 saturated carbocycles. The highest BCUT2D eigenvalue weighted by Gasteiger charge is 2.26. The Hall–Kier alpha value is -2.87. The summed E-state index contributed by atoms with van der Waals surface area (Å²) in [6.45, 7) is 3.81. The Morgan fingerprint density at radius 3 is 2.78 bits per heavy atom. The normalized spacial score (nSPS) is 17.8. The van der Waals surface area contributed by atoms with Gasteiger partial charge in [0, 0.05) is 38.2 Å². The Kier molecular flexibility index (Phi) is 5.06. The molecule has 1 atom stereocenters. The largest absolute Gasteiger partial charge is 0.340 e. The number of hydrogen-bond acceptors (Lipinski definition) is 7. The van der Waals surface area contributed by atoms with Crippen LogP contribution in [0.3, 0.4) is 0 Å². The summed E-state index contributed by atoms with van der Waals surface area (Å²) in [5, 5.41) is 3.18.